The molecule has 0 radical (unpaired) electrons. The molecule has 1 atom stereocenters. The van der Waals surface area contributed by atoms with Crippen LogP contribution in [0.15, 0.2) is 5.10 Å². The minimum atomic E-state index is -0.0381. The largest absolute Gasteiger partial charge is 0.323 e. The Kier molecular flexibility index (Phi) is 2.81. The van der Waals surface area contributed by atoms with Crippen molar-refractivity contribution in [3.05, 3.63) is 0 Å². The molecule has 4 heteroatoms. The van der Waals surface area contributed by atoms with E-state index in [1.807, 2.05) is 0 Å². The summed E-state index contributed by atoms with van der Waals surface area (Å²) in [5.74, 6) is 0.0385. The van der Waals surface area contributed by atoms with Gasteiger partial charge in [0.25, 0.3) is 0 Å². The highest BCUT2D eigenvalue weighted by Crippen LogP contribution is 2.09. The van der Waals surface area contributed by atoms with Gasteiger partial charge in [0.05, 0.1) is 12.1 Å². The standard InChI is InChI=1S/C8H15N3O/c1-3-4-6(9)7-5-8(12)11(2)10-7/h6H,3-5,9H2,1-2H3. The Hall–Kier alpha value is -0.900. The first-order valence-corrected chi connectivity index (χ1v) is 4.24. The molecule has 4 nitrogen and oxygen atoms in total. The highest BCUT2D eigenvalue weighted by Gasteiger charge is 2.23. The van der Waals surface area contributed by atoms with E-state index in [9.17, 15) is 4.79 Å². The molecule has 68 valence electrons. The number of hydrogen-bond acceptors (Lipinski definition) is 3. The van der Waals surface area contributed by atoms with Crippen molar-refractivity contribution < 1.29 is 4.79 Å². The number of hydrazone groups is 1. The minimum Gasteiger partial charge on any atom is -0.323 e. The summed E-state index contributed by atoms with van der Waals surface area (Å²) < 4.78 is 0. The van der Waals surface area contributed by atoms with Crippen molar-refractivity contribution in [2.75, 3.05) is 7.05 Å². The van der Waals surface area contributed by atoms with Crippen LogP contribution in [0.1, 0.15) is 26.2 Å². The second kappa shape index (κ2) is 3.67. The van der Waals surface area contributed by atoms with E-state index >= 15 is 0 Å². The topological polar surface area (TPSA) is 58.7 Å². The average molecular weight is 169 g/mol. The summed E-state index contributed by atoms with van der Waals surface area (Å²) in [7, 11) is 1.66. The smallest absolute Gasteiger partial charge is 0.248 e. The summed E-state index contributed by atoms with van der Waals surface area (Å²) in [6, 6.07) is -0.0381. The van der Waals surface area contributed by atoms with Crippen LogP contribution >= 0.6 is 0 Å². The molecule has 12 heavy (non-hydrogen) atoms. The number of nitrogens with zero attached hydrogens (tertiary/aromatic N) is 2. The van der Waals surface area contributed by atoms with Crippen LogP contribution in [0.2, 0.25) is 0 Å². The Labute approximate surface area is 72.4 Å². The SMILES string of the molecule is CCCC(N)C1=NN(C)C(=O)C1. The first-order valence-electron chi connectivity index (χ1n) is 4.24. The zero-order valence-corrected chi connectivity index (χ0v) is 7.58. The fourth-order valence-electron chi connectivity index (χ4n) is 1.24. The second-order valence-corrected chi connectivity index (χ2v) is 3.08. The van der Waals surface area contributed by atoms with Crippen LogP contribution in [0, 0.1) is 0 Å². The molecule has 0 saturated carbocycles. The maximum absolute atomic E-state index is 11.0. The lowest BCUT2D eigenvalue weighted by Crippen LogP contribution is -2.29. The first kappa shape index (κ1) is 9.19. The monoisotopic (exact) mass is 169 g/mol. The van der Waals surface area contributed by atoms with Crippen LogP contribution < -0.4 is 5.73 Å². The summed E-state index contributed by atoms with van der Waals surface area (Å²) in [6.07, 6.45) is 2.33. The van der Waals surface area contributed by atoms with Crippen molar-refractivity contribution >= 4 is 11.6 Å². The summed E-state index contributed by atoms with van der Waals surface area (Å²) in [5, 5.41) is 5.43. The van der Waals surface area contributed by atoms with Crippen LogP contribution in [0.25, 0.3) is 0 Å². The van der Waals surface area contributed by atoms with Gasteiger partial charge in [-0.3, -0.25) is 4.79 Å². The van der Waals surface area contributed by atoms with Crippen LogP contribution in [0.3, 0.4) is 0 Å². The first-order chi connectivity index (χ1) is 5.65. The lowest BCUT2D eigenvalue weighted by Gasteiger charge is -2.07. The summed E-state index contributed by atoms with van der Waals surface area (Å²) in [4.78, 5) is 11.0. The van der Waals surface area contributed by atoms with Gasteiger partial charge in [-0.05, 0) is 6.42 Å². The fourth-order valence-corrected chi connectivity index (χ4v) is 1.24. The number of amides is 1. The molecule has 1 aliphatic rings. The molecule has 0 aromatic heterocycles. The second-order valence-electron chi connectivity index (χ2n) is 3.08. The molecule has 0 aliphatic carbocycles. The predicted molar refractivity (Wildman–Crippen MR) is 47.7 cm³/mol. The van der Waals surface area contributed by atoms with E-state index in [2.05, 4.69) is 12.0 Å². The van der Waals surface area contributed by atoms with E-state index in [4.69, 9.17) is 5.73 Å². The number of carbonyl (C=O) groups is 1. The third kappa shape index (κ3) is 1.82. The molecule has 1 unspecified atom stereocenters. The van der Waals surface area contributed by atoms with Crippen LogP contribution in [0.4, 0.5) is 0 Å². The highest BCUT2D eigenvalue weighted by atomic mass is 16.2. The Morgan fingerprint density at radius 2 is 2.42 bits per heavy atom. The molecule has 1 amide bonds. The van der Waals surface area contributed by atoms with Gasteiger partial charge in [0.2, 0.25) is 5.91 Å². The molecule has 0 spiro atoms. The van der Waals surface area contributed by atoms with Gasteiger partial charge < -0.3 is 5.73 Å². The van der Waals surface area contributed by atoms with Gasteiger partial charge in [-0.1, -0.05) is 13.3 Å². The van der Waals surface area contributed by atoms with E-state index in [0.717, 1.165) is 18.6 Å². The van der Waals surface area contributed by atoms with Gasteiger partial charge in [-0.2, -0.15) is 5.10 Å². The summed E-state index contributed by atoms with van der Waals surface area (Å²) in [5.41, 5.74) is 6.63. The van der Waals surface area contributed by atoms with E-state index < -0.39 is 0 Å². The minimum absolute atomic E-state index is 0.0381. The molecule has 1 aliphatic heterocycles. The van der Waals surface area contributed by atoms with Crippen LogP contribution in [-0.2, 0) is 4.79 Å². The van der Waals surface area contributed by atoms with Gasteiger partial charge in [-0.25, -0.2) is 5.01 Å². The molecule has 1 rings (SSSR count). The van der Waals surface area contributed by atoms with Gasteiger partial charge in [-0.15, -0.1) is 0 Å². The average Bonchev–Trinajstić information content (AvgIpc) is 2.33. The van der Waals surface area contributed by atoms with E-state index in [0.29, 0.717) is 6.42 Å². The molecular formula is C8H15N3O. The fraction of sp³-hybridized carbons (Fsp3) is 0.750. The van der Waals surface area contributed by atoms with Crippen LogP contribution in [0.5, 0.6) is 0 Å². The van der Waals surface area contributed by atoms with Gasteiger partial charge in [0, 0.05) is 13.1 Å². The molecule has 0 aromatic carbocycles. The predicted octanol–water partition coefficient (Wildman–Crippen LogP) is 0.332. The normalized spacial score (nSPS) is 19.8. The Morgan fingerprint density at radius 1 is 1.75 bits per heavy atom. The molecule has 0 bridgehead atoms. The van der Waals surface area contributed by atoms with Crippen molar-refractivity contribution in [2.24, 2.45) is 10.8 Å². The molecule has 0 aromatic rings. The number of nitrogens with two attached hydrogens (primary N) is 1. The van der Waals surface area contributed by atoms with Crippen molar-refractivity contribution in [3.63, 3.8) is 0 Å². The Morgan fingerprint density at radius 3 is 2.83 bits per heavy atom. The molecule has 1 heterocycles. The zero-order chi connectivity index (χ0) is 9.14. The van der Waals surface area contributed by atoms with Gasteiger partial charge in [0.15, 0.2) is 0 Å². The van der Waals surface area contributed by atoms with Crippen molar-refractivity contribution in [1.29, 1.82) is 0 Å². The van der Waals surface area contributed by atoms with Gasteiger partial charge >= 0.3 is 0 Å². The lowest BCUT2D eigenvalue weighted by molar-refractivity contribution is -0.127. The van der Waals surface area contributed by atoms with Crippen molar-refractivity contribution in [1.82, 2.24) is 5.01 Å². The quantitative estimate of drug-likeness (QED) is 0.662. The number of rotatable bonds is 3. The maximum atomic E-state index is 11.0. The third-order valence-corrected chi connectivity index (χ3v) is 2.00. The lowest BCUT2D eigenvalue weighted by atomic mass is 10.1. The molecule has 0 saturated heterocycles. The molecule has 2 N–H and O–H groups in total. The number of hydrogen-bond donors (Lipinski definition) is 1. The number of carbonyl (C=O) groups excluding carboxylic acids is 1. The Balaban J connectivity index is 2.54. The maximum Gasteiger partial charge on any atom is 0.248 e. The van der Waals surface area contributed by atoms with E-state index in [1.54, 1.807) is 7.05 Å². The van der Waals surface area contributed by atoms with Gasteiger partial charge in [0.1, 0.15) is 0 Å². The Bertz CT molecular complexity index is 212. The van der Waals surface area contributed by atoms with E-state index in [-0.39, 0.29) is 11.9 Å². The summed E-state index contributed by atoms with van der Waals surface area (Å²) in [6.45, 7) is 2.07. The zero-order valence-electron chi connectivity index (χ0n) is 7.58. The van der Waals surface area contributed by atoms with E-state index in [1.165, 1.54) is 5.01 Å². The van der Waals surface area contributed by atoms with Crippen molar-refractivity contribution in [3.8, 4) is 0 Å². The third-order valence-electron chi connectivity index (χ3n) is 2.00. The highest BCUT2D eigenvalue weighted by molar-refractivity contribution is 6.07. The molecule has 0 fully saturated rings. The molecular weight excluding hydrogens is 154 g/mol. The summed E-state index contributed by atoms with van der Waals surface area (Å²) >= 11 is 0. The van der Waals surface area contributed by atoms with Crippen molar-refractivity contribution in [2.45, 2.75) is 32.2 Å². The van der Waals surface area contributed by atoms with Crippen LogP contribution in [-0.4, -0.2) is 29.7 Å².